The molecule has 0 atom stereocenters. The highest BCUT2D eigenvalue weighted by molar-refractivity contribution is 5.80. The first-order valence-electron chi connectivity index (χ1n) is 8.83. The topological polar surface area (TPSA) is 40.6 Å². The third-order valence-electron chi connectivity index (χ3n) is 5.06. The number of amides is 2. The quantitative estimate of drug-likeness (QED) is 0.858. The summed E-state index contributed by atoms with van der Waals surface area (Å²) in [6.45, 7) is 4.55. The van der Waals surface area contributed by atoms with Crippen LogP contribution < -0.4 is 0 Å². The zero-order chi connectivity index (χ0) is 16.2. The van der Waals surface area contributed by atoms with Gasteiger partial charge in [0.15, 0.2) is 0 Å². The van der Waals surface area contributed by atoms with Gasteiger partial charge < -0.3 is 9.80 Å². The Morgan fingerprint density at radius 1 is 0.913 bits per heavy atom. The molecule has 1 aromatic carbocycles. The lowest BCUT2D eigenvalue weighted by atomic mass is 9.90. The van der Waals surface area contributed by atoms with Crippen molar-refractivity contribution in [3.63, 3.8) is 0 Å². The van der Waals surface area contributed by atoms with Crippen LogP contribution in [-0.4, -0.2) is 47.8 Å². The maximum atomic E-state index is 12.5. The van der Waals surface area contributed by atoms with Crippen molar-refractivity contribution in [3.8, 4) is 0 Å². The smallest absolute Gasteiger partial charge is 0.227 e. The standard InChI is InChI=1S/C19H26N2O2/c1-2-18(22)20-9-11-21(12-10-20)19(23)14-15-7-8-16-5-3-4-6-17(16)13-15/h7-8,13H,2-6,9-12,14H2,1H3. The molecule has 3 rings (SSSR count). The van der Waals surface area contributed by atoms with Crippen LogP contribution in [0.1, 0.15) is 42.9 Å². The summed E-state index contributed by atoms with van der Waals surface area (Å²) in [5.41, 5.74) is 4.02. The van der Waals surface area contributed by atoms with E-state index < -0.39 is 0 Å². The Morgan fingerprint density at radius 2 is 1.52 bits per heavy atom. The largest absolute Gasteiger partial charge is 0.339 e. The van der Waals surface area contributed by atoms with Crippen LogP contribution in [0.2, 0.25) is 0 Å². The molecule has 4 nitrogen and oxygen atoms in total. The highest BCUT2D eigenvalue weighted by Gasteiger charge is 2.23. The first kappa shape index (κ1) is 16.0. The fraction of sp³-hybridized carbons (Fsp3) is 0.579. The van der Waals surface area contributed by atoms with E-state index in [2.05, 4.69) is 18.2 Å². The Kier molecular flexibility index (Phi) is 4.99. The van der Waals surface area contributed by atoms with Gasteiger partial charge in [0.05, 0.1) is 6.42 Å². The minimum atomic E-state index is 0.185. The zero-order valence-corrected chi connectivity index (χ0v) is 14.0. The van der Waals surface area contributed by atoms with Crippen molar-refractivity contribution in [2.75, 3.05) is 26.2 Å². The van der Waals surface area contributed by atoms with Gasteiger partial charge in [-0.3, -0.25) is 9.59 Å². The van der Waals surface area contributed by atoms with Crippen molar-refractivity contribution in [1.29, 1.82) is 0 Å². The van der Waals surface area contributed by atoms with Crippen LogP contribution in [0.5, 0.6) is 0 Å². The number of benzene rings is 1. The second-order valence-electron chi connectivity index (χ2n) is 6.60. The molecule has 0 radical (unpaired) electrons. The summed E-state index contributed by atoms with van der Waals surface area (Å²) in [5.74, 6) is 0.371. The molecule has 0 unspecified atom stereocenters. The molecular weight excluding hydrogens is 288 g/mol. The van der Waals surface area contributed by atoms with Crippen LogP contribution in [0.15, 0.2) is 18.2 Å². The van der Waals surface area contributed by atoms with Gasteiger partial charge >= 0.3 is 0 Å². The van der Waals surface area contributed by atoms with Crippen LogP contribution in [0, 0.1) is 0 Å². The van der Waals surface area contributed by atoms with E-state index in [1.54, 1.807) is 0 Å². The van der Waals surface area contributed by atoms with Gasteiger partial charge in [-0.15, -0.1) is 0 Å². The molecule has 0 N–H and O–H groups in total. The van der Waals surface area contributed by atoms with Gasteiger partial charge in [0.2, 0.25) is 11.8 Å². The number of nitrogens with zero attached hydrogens (tertiary/aromatic N) is 2. The van der Waals surface area contributed by atoms with E-state index in [9.17, 15) is 9.59 Å². The number of hydrogen-bond acceptors (Lipinski definition) is 2. The summed E-state index contributed by atoms with van der Waals surface area (Å²) in [6.07, 6.45) is 5.90. The van der Waals surface area contributed by atoms with Gasteiger partial charge in [0, 0.05) is 32.6 Å². The van der Waals surface area contributed by atoms with Crippen LogP contribution in [0.4, 0.5) is 0 Å². The van der Waals surface area contributed by atoms with Gasteiger partial charge in [0.1, 0.15) is 0 Å². The molecule has 0 saturated carbocycles. The predicted octanol–water partition coefficient (Wildman–Crippen LogP) is 2.19. The van der Waals surface area contributed by atoms with Crippen LogP contribution in [0.25, 0.3) is 0 Å². The summed E-state index contributed by atoms with van der Waals surface area (Å²) in [7, 11) is 0. The zero-order valence-electron chi connectivity index (χ0n) is 14.0. The van der Waals surface area contributed by atoms with Crippen LogP contribution in [0.3, 0.4) is 0 Å². The van der Waals surface area contributed by atoms with E-state index in [4.69, 9.17) is 0 Å². The Morgan fingerprint density at radius 3 is 2.17 bits per heavy atom. The molecule has 2 amide bonds. The summed E-state index contributed by atoms with van der Waals surface area (Å²) in [6, 6.07) is 6.54. The van der Waals surface area contributed by atoms with Gasteiger partial charge in [-0.25, -0.2) is 0 Å². The van der Waals surface area contributed by atoms with E-state index >= 15 is 0 Å². The fourth-order valence-corrected chi connectivity index (χ4v) is 3.61. The van der Waals surface area contributed by atoms with E-state index in [1.165, 1.54) is 30.4 Å². The van der Waals surface area contributed by atoms with Crippen molar-refractivity contribution >= 4 is 11.8 Å². The van der Waals surface area contributed by atoms with E-state index in [-0.39, 0.29) is 11.8 Å². The molecule has 2 aliphatic rings. The summed E-state index contributed by atoms with van der Waals surface area (Å²) in [5, 5.41) is 0. The molecule has 0 bridgehead atoms. The summed E-state index contributed by atoms with van der Waals surface area (Å²) in [4.78, 5) is 28.0. The van der Waals surface area contributed by atoms with Gasteiger partial charge in [-0.2, -0.15) is 0 Å². The molecule has 1 fully saturated rings. The van der Waals surface area contributed by atoms with Crippen molar-refractivity contribution in [2.45, 2.75) is 45.4 Å². The number of carbonyl (C=O) groups excluding carboxylic acids is 2. The van der Waals surface area contributed by atoms with Gasteiger partial charge in [0.25, 0.3) is 0 Å². The fourth-order valence-electron chi connectivity index (χ4n) is 3.61. The molecule has 124 valence electrons. The second kappa shape index (κ2) is 7.16. The third kappa shape index (κ3) is 3.74. The average Bonchev–Trinajstić information content (AvgIpc) is 2.61. The maximum absolute atomic E-state index is 12.5. The van der Waals surface area contributed by atoms with Crippen LogP contribution in [-0.2, 0) is 28.9 Å². The third-order valence-corrected chi connectivity index (χ3v) is 5.06. The molecule has 4 heteroatoms. The number of piperazine rings is 1. The second-order valence-corrected chi connectivity index (χ2v) is 6.60. The Balaban J connectivity index is 1.56. The van der Waals surface area contributed by atoms with E-state index in [1.807, 2.05) is 16.7 Å². The molecule has 1 aliphatic carbocycles. The van der Waals surface area contributed by atoms with E-state index in [0.29, 0.717) is 39.0 Å². The minimum absolute atomic E-state index is 0.185. The molecule has 1 aromatic rings. The molecule has 0 spiro atoms. The normalized spacial score (nSPS) is 17.8. The summed E-state index contributed by atoms with van der Waals surface area (Å²) < 4.78 is 0. The van der Waals surface area contributed by atoms with Crippen molar-refractivity contribution in [1.82, 2.24) is 9.80 Å². The number of hydrogen-bond donors (Lipinski definition) is 0. The Labute approximate surface area is 138 Å². The molecular formula is C19H26N2O2. The highest BCUT2D eigenvalue weighted by atomic mass is 16.2. The molecule has 1 heterocycles. The first-order chi connectivity index (χ1) is 11.2. The lowest BCUT2D eigenvalue weighted by Gasteiger charge is -2.34. The monoisotopic (exact) mass is 314 g/mol. The number of fused-ring (bicyclic) bond motifs is 1. The van der Waals surface area contributed by atoms with Crippen molar-refractivity contribution < 1.29 is 9.59 Å². The minimum Gasteiger partial charge on any atom is -0.339 e. The highest BCUT2D eigenvalue weighted by Crippen LogP contribution is 2.22. The van der Waals surface area contributed by atoms with Gasteiger partial charge in [-0.05, 0) is 42.4 Å². The Hall–Kier alpha value is -1.84. The maximum Gasteiger partial charge on any atom is 0.227 e. The van der Waals surface area contributed by atoms with E-state index in [0.717, 1.165) is 12.0 Å². The van der Waals surface area contributed by atoms with Crippen LogP contribution >= 0.6 is 0 Å². The average molecular weight is 314 g/mol. The Bertz CT molecular complexity index is 589. The lowest BCUT2D eigenvalue weighted by Crippen LogP contribution is -2.50. The number of aryl methyl sites for hydroxylation is 2. The molecule has 1 saturated heterocycles. The number of carbonyl (C=O) groups is 2. The lowest BCUT2D eigenvalue weighted by molar-refractivity contribution is -0.139. The number of rotatable bonds is 3. The van der Waals surface area contributed by atoms with Gasteiger partial charge in [-0.1, -0.05) is 25.1 Å². The SMILES string of the molecule is CCC(=O)N1CCN(C(=O)Cc2ccc3c(c2)CCCC3)CC1. The van der Waals surface area contributed by atoms with Crippen molar-refractivity contribution in [3.05, 3.63) is 34.9 Å². The van der Waals surface area contributed by atoms with Crippen molar-refractivity contribution in [2.24, 2.45) is 0 Å². The predicted molar refractivity (Wildman–Crippen MR) is 90.2 cm³/mol. The molecule has 0 aromatic heterocycles. The summed E-state index contributed by atoms with van der Waals surface area (Å²) >= 11 is 0. The molecule has 23 heavy (non-hydrogen) atoms. The molecule has 1 aliphatic heterocycles. The first-order valence-corrected chi connectivity index (χ1v) is 8.83.